The molecule has 3 aromatic rings. The first-order valence-corrected chi connectivity index (χ1v) is 13.5. The van der Waals surface area contributed by atoms with Crippen molar-refractivity contribution in [2.75, 3.05) is 0 Å². The van der Waals surface area contributed by atoms with Gasteiger partial charge in [0.1, 0.15) is 10.6 Å². The molecular formula is C25H32N6O6S. The Hall–Kier alpha value is -3.84. The maximum atomic E-state index is 13.2. The Morgan fingerprint density at radius 2 is 1.97 bits per heavy atom. The van der Waals surface area contributed by atoms with Gasteiger partial charge in [-0.3, -0.25) is 19.9 Å². The number of benzene rings is 1. The highest BCUT2D eigenvalue weighted by Gasteiger charge is 2.31. The van der Waals surface area contributed by atoms with Gasteiger partial charge in [-0.25, -0.2) is 17.8 Å². The topological polar surface area (TPSA) is 158 Å². The van der Waals surface area contributed by atoms with Crippen molar-refractivity contribution in [3.63, 3.8) is 0 Å². The van der Waals surface area contributed by atoms with Gasteiger partial charge in [-0.2, -0.15) is 5.10 Å². The molecule has 0 fully saturated rings. The summed E-state index contributed by atoms with van der Waals surface area (Å²) in [5, 5.41) is 18.7. The number of nitro groups is 1. The lowest BCUT2D eigenvalue weighted by molar-refractivity contribution is -0.385. The fraction of sp³-hybridized carbons (Fsp3) is 0.400. The average molecular weight is 545 g/mol. The van der Waals surface area contributed by atoms with Gasteiger partial charge >= 0.3 is 0 Å². The van der Waals surface area contributed by atoms with E-state index in [1.807, 2.05) is 33.8 Å². The van der Waals surface area contributed by atoms with E-state index in [1.165, 1.54) is 10.7 Å². The fourth-order valence-corrected chi connectivity index (χ4v) is 4.93. The first-order chi connectivity index (χ1) is 17.7. The van der Waals surface area contributed by atoms with E-state index < -0.39 is 43.0 Å². The van der Waals surface area contributed by atoms with Gasteiger partial charge in [0.2, 0.25) is 15.9 Å². The third-order valence-corrected chi connectivity index (χ3v) is 7.31. The van der Waals surface area contributed by atoms with Gasteiger partial charge < -0.3 is 10.1 Å². The van der Waals surface area contributed by atoms with Gasteiger partial charge in [0, 0.05) is 42.7 Å². The normalized spacial score (nSPS) is 12.7. The summed E-state index contributed by atoms with van der Waals surface area (Å²) < 4.78 is 36.5. The minimum atomic E-state index is -4.18. The van der Waals surface area contributed by atoms with E-state index in [0.717, 1.165) is 17.7 Å². The van der Waals surface area contributed by atoms with E-state index in [1.54, 1.807) is 32.3 Å². The lowest BCUT2D eigenvalue weighted by Crippen LogP contribution is -2.32. The van der Waals surface area contributed by atoms with Crippen LogP contribution in [0.1, 0.15) is 62.7 Å². The van der Waals surface area contributed by atoms with Crippen LogP contribution in [0.5, 0.6) is 11.6 Å². The molecule has 204 valence electrons. The molecule has 0 saturated carbocycles. The van der Waals surface area contributed by atoms with E-state index in [4.69, 9.17) is 4.74 Å². The van der Waals surface area contributed by atoms with E-state index in [-0.39, 0.29) is 23.9 Å². The number of carbonyl (C=O) groups is 1. The number of aromatic nitrogens is 3. The van der Waals surface area contributed by atoms with E-state index in [2.05, 4.69) is 20.1 Å². The number of nitrogens with one attached hydrogen (secondary N) is 2. The molecule has 2 N–H and O–H groups in total. The first-order valence-electron chi connectivity index (χ1n) is 12.0. The Morgan fingerprint density at radius 3 is 2.55 bits per heavy atom. The van der Waals surface area contributed by atoms with Crippen LogP contribution in [0.15, 0.2) is 47.6 Å². The van der Waals surface area contributed by atoms with Crippen molar-refractivity contribution in [3.05, 3.63) is 69.7 Å². The largest absolute Gasteiger partial charge is 0.438 e. The van der Waals surface area contributed by atoms with Crippen LogP contribution >= 0.6 is 0 Å². The van der Waals surface area contributed by atoms with Gasteiger partial charge in [-0.1, -0.05) is 13.0 Å². The van der Waals surface area contributed by atoms with Crippen LogP contribution in [0.4, 0.5) is 5.69 Å². The number of hydrogen-bond donors (Lipinski definition) is 2. The Bertz CT molecular complexity index is 1430. The zero-order valence-electron chi connectivity index (χ0n) is 22.2. The molecule has 0 spiro atoms. The number of nitrogens with zero attached hydrogens (tertiary/aromatic N) is 4. The molecule has 12 nitrogen and oxygen atoms in total. The van der Waals surface area contributed by atoms with Crippen molar-refractivity contribution >= 4 is 21.6 Å². The van der Waals surface area contributed by atoms with Crippen LogP contribution in [0.3, 0.4) is 0 Å². The summed E-state index contributed by atoms with van der Waals surface area (Å²) in [6.45, 7) is 10.9. The van der Waals surface area contributed by atoms with Crippen molar-refractivity contribution < 1.29 is 22.9 Å². The van der Waals surface area contributed by atoms with Crippen LogP contribution in [-0.4, -0.2) is 40.1 Å². The summed E-state index contributed by atoms with van der Waals surface area (Å²) in [7, 11) is -4.18. The lowest BCUT2D eigenvalue weighted by Gasteiger charge is -2.23. The standard InChI is InChI=1S/C25H32N6O6S/c1-7-16(2)29-38(35,36)21-13-19(31(33)34)10-11-20(21)37-24-17(3)22(28-30(24)25(4,5)6)23(32)27-15-18-9-8-12-26-14-18/h8-14,16,29H,7,15H2,1-6H3,(H,27,32)/t16-/m1/s1. The number of rotatable bonds is 10. The summed E-state index contributed by atoms with van der Waals surface area (Å²) >= 11 is 0. The molecule has 0 unspecified atom stereocenters. The summed E-state index contributed by atoms with van der Waals surface area (Å²) in [6, 6.07) is 6.51. The molecule has 3 rings (SSSR count). The highest BCUT2D eigenvalue weighted by molar-refractivity contribution is 7.89. The molecule has 2 heterocycles. The monoisotopic (exact) mass is 544 g/mol. The molecule has 1 aromatic carbocycles. The zero-order valence-corrected chi connectivity index (χ0v) is 23.0. The Morgan fingerprint density at radius 1 is 1.26 bits per heavy atom. The number of carbonyl (C=O) groups excluding carboxylic acids is 1. The van der Waals surface area contributed by atoms with Gasteiger partial charge in [-0.05, 0) is 58.7 Å². The second-order valence-corrected chi connectivity index (χ2v) is 11.5. The number of non-ortho nitro benzene ring substituents is 1. The number of ether oxygens (including phenoxy) is 1. The Balaban J connectivity index is 2.06. The van der Waals surface area contributed by atoms with Gasteiger partial charge in [0.25, 0.3) is 11.6 Å². The average Bonchev–Trinajstić information content (AvgIpc) is 3.19. The first kappa shape index (κ1) is 28.7. The molecule has 0 radical (unpaired) electrons. The van der Waals surface area contributed by atoms with Crippen LogP contribution < -0.4 is 14.8 Å². The summed E-state index contributed by atoms with van der Waals surface area (Å²) in [6.07, 6.45) is 3.78. The summed E-state index contributed by atoms with van der Waals surface area (Å²) in [5.74, 6) is -0.450. The van der Waals surface area contributed by atoms with Crippen molar-refractivity contribution in [2.24, 2.45) is 0 Å². The van der Waals surface area contributed by atoms with Crippen LogP contribution in [-0.2, 0) is 22.1 Å². The van der Waals surface area contributed by atoms with Crippen LogP contribution in [0.25, 0.3) is 0 Å². The molecule has 0 aliphatic carbocycles. The molecule has 0 aliphatic heterocycles. The number of hydrogen-bond acceptors (Lipinski definition) is 8. The number of nitro benzene ring substituents is 1. The molecule has 0 bridgehead atoms. The molecule has 0 saturated heterocycles. The Labute approximate surface area is 221 Å². The Kier molecular flexibility index (Phi) is 8.52. The van der Waals surface area contributed by atoms with Gasteiger partial charge in [0.15, 0.2) is 5.69 Å². The number of sulfonamides is 1. The lowest BCUT2D eigenvalue weighted by atomic mass is 10.1. The number of pyridine rings is 1. The SMILES string of the molecule is CC[C@@H](C)NS(=O)(=O)c1cc([N+](=O)[O-])ccc1Oc1c(C)c(C(=O)NCc2cccnc2)nn1C(C)(C)C. The zero-order chi connectivity index (χ0) is 28.3. The smallest absolute Gasteiger partial charge is 0.272 e. The molecule has 1 amide bonds. The summed E-state index contributed by atoms with van der Waals surface area (Å²) in [5.41, 5.74) is 0.220. The minimum Gasteiger partial charge on any atom is -0.438 e. The minimum absolute atomic E-state index is 0.0999. The number of amides is 1. The second kappa shape index (κ2) is 11.3. The maximum Gasteiger partial charge on any atom is 0.272 e. The molecular weight excluding hydrogens is 512 g/mol. The van der Waals surface area contributed by atoms with E-state index in [9.17, 15) is 23.3 Å². The van der Waals surface area contributed by atoms with Gasteiger partial charge in [-0.15, -0.1) is 0 Å². The van der Waals surface area contributed by atoms with Crippen molar-refractivity contribution in [1.82, 2.24) is 24.8 Å². The van der Waals surface area contributed by atoms with Crippen molar-refractivity contribution in [2.45, 2.75) is 71.0 Å². The summed E-state index contributed by atoms with van der Waals surface area (Å²) in [4.78, 5) is 27.4. The molecule has 13 heteroatoms. The fourth-order valence-electron chi connectivity index (χ4n) is 3.46. The van der Waals surface area contributed by atoms with Gasteiger partial charge in [0.05, 0.1) is 10.5 Å². The molecule has 0 aliphatic rings. The van der Waals surface area contributed by atoms with Crippen LogP contribution in [0, 0.1) is 17.0 Å². The van der Waals surface area contributed by atoms with Crippen LogP contribution in [0.2, 0.25) is 0 Å². The van der Waals surface area contributed by atoms with E-state index >= 15 is 0 Å². The predicted molar refractivity (Wildman–Crippen MR) is 141 cm³/mol. The third kappa shape index (κ3) is 6.53. The van der Waals surface area contributed by atoms with Crippen molar-refractivity contribution in [3.8, 4) is 11.6 Å². The highest BCUT2D eigenvalue weighted by Crippen LogP contribution is 2.36. The third-order valence-electron chi connectivity index (χ3n) is 5.70. The molecule has 1 atom stereocenters. The van der Waals surface area contributed by atoms with Crippen molar-refractivity contribution in [1.29, 1.82) is 0 Å². The maximum absolute atomic E-state index is 13.2. The molecule has 38 heavy (non-hydrogen) atoms. The second-order valence-electron chi connectivity index (χ2n) is 9.83. The quantitative estimate of drug-likeness (QED) is 0.286. The predicted octanol–water partition coefficient (Wildman–Crippen LogP) is 4.05. The van der Waals surface area contributed by atoms with E-state index in [0.29, 0.717) is 12.0 Å². The highest BCUT2D eigenvalue weighted by atomic mass is 32.2. The molecule has 2 aromatic heterocycles.